The number of pyridine rings is 1. The minimum absolute atomic E-state index is 0.119. The van der Waals surface area contributed by atoms with Crippen molar-refractivity contribution in [3.05, 3.63) is 54.0 Å². The summed E-state index contributed by atoms with van der Waals surface area (Å²) in [6.45, 7) is -0.589. The number of amides is 1. The lowest BCUT2D eigenvalue weighted by Crippen LogP contribution is -2.44. The molecule has 1 amide bonds. The molecule has 1 fully saturated rings. The Morgan fingerprint density at radius 1 is 1.36 bits per heavy atom. The summed E-state index contributed by atoms with van der Waals surface area (Å²) in [5.41, 5.74) is -0.520. The summed E-state index contributed by atoms with van der Waals surface area (Å²) in [4.78, 5) is 16.8. The van der Waals surface area contributed by atoms with Crippen LogP contribution < -0.4 is 10.1 Å². The molecule has 0 radical (unpaired) electrons. The van der Waals surface area contributed by atoms with Crippen LogP contribution in [0.2, 0.25) is 0 Å². The number of fused-ring (bicyclic) bond motifs is 1. The molecule has 2 N–H and O–H groups in total. The fraction of sp³-hybridized carbons (Fsp3) is 0.316. The molecular weight excluding hydrogens is 370 g/mol. The molecule has 9 heteroatoms. The van der Waals surface area contributed by atoms with Gasteiger partial charge in [-0.1, -0.05) is 6.07 Å². The quantitative estimate of drug-likeness (QED) is 0.675. The molecular formula is C19H18F2N4O3. The van der Waals surface area contributed by atoms with Gasteiger partial charge in [0.25, 0.3) is 11.8 Å². The van der Waals surface area contributed by atoms with Crippen molar-refractivity contribution in [3.63, 3.8) is 0 Å². The average molecular weight is 388 g/mol. The van der Waals surface area contributed by atoms with Crippen LogP contribution in [0, 0.1) is 0 Å². The Morgan fingerprint density at radius 2 is 2.14 bits per heavy atom. The summed E-state index contributed by atoms with van der Waals surface area (Å²) in [7, 11) is 1.56. The largest absolute Gasteiger partial charge is 0.487 e. The van der Waals surface area contributed by atoms with Crippen LogP contribution in [0.5, 0.6) is 5.75 Å². The number of aliphatic hydroxyl groups is 1. The number of benzene rings is 1. The first-order valence-corrected chi connectivity index (χ1v) is 8.66. The zero-order valence-corrected chi connectivity index (χ0v) is 15.0. The van der Waals surface area contributed by atoms with Crippen molar-refractivity contribution in [2.45, 2.75) is 24.5 Å². The maximum absolute atomic E-state index is 13.6. The molecule has 28 heavy (non-hydrogen) atoms. The van der Waals surface area contributed by atoms with E-state index in [0.29, 0.717) is 16.7 Å². The molecule has 0 aliphatic heterocycles. The molecule has 1 aromatic carbocycles. The third-order valence-electron chi connectivity index (χ3n) is 4.85. The second-order valence-electron chi connectivity index (χ2n) is 6.84. The summed E-state index contributed by atoms with van der Waals surface area (Å²) in [6, 6.07) is 10.5. The van der Waals surface area contributed by atoms with Crippen molar-refractivity contribution in [1.29, 1.82) is 0 Å². The van der Waals surface area contributed by atoms with Crippen LogP contribution >= 0.6 is 0 Å². The number of nitrogens with one attached hydrogen (secondary N) is 1. The number of ether oxygens (including phenoxy) is 1. The third kappa shape index (κ3) is 3.07. The number of carbonyl (C=O) groups excluding carboxylic acids is 1. The third-order valence-corrected chi connectivity index (χ3v) is 4.85. The molecule has 0 saturated heterocycles. The Labute approximate surface area is 158 Å². The number of hydrogen-bond donors (Lipinski definition) is 2. The minimum Gasteiger partial charge on any atom is -0.487 e. The van der Waals surface area contributed by atoms with Gasteiger partial charge in [0.15, 0.2) is 0 Å². The summed E-state index contributed by atoms with van der Waals surface area (Å²) < 4.78 is 34.2. The molecule has 1 aliphatic carbocycles. The second-order valence-corrected chi connectivity index (χ2v) is 6.84. The number of aryl methyl sites for hydroxylation is 1. The highest BCUT2D eigenvalue weighted by molar-refractivity contribution is 6.05. The van der Waals surface area contributed by atoms with Gasteiger partial charge in [0.2, 0.25) is 0 Å². The van der Waals surface area contributed by atoms with Crippen molar-refractivity contribution in [2.75, 3.05) is 6.61 Å². The van der Waals surface area contributed by atoms with E-state index in [0.717, 1.165) is 5.69 Å². The standard InChI is InChI=1S/C19H18F2N4O3/c1-25-16(17(27)23-18(11-26)10-19(18,20)21)14-8-13(5-6-15(14)24-25)28-9-12-4-2-3-7-22-12/h2-8,26H,9-11H2,1H3,(H,23,27). The summed E-state index contributed by atoms with van der Waals surface area (Å²) in [5.74, 6) is -3.35. The SMILES string of the molecule is Cn1nc2ccc(OCc3ccccn3)cc2c1C(=O)NC1(CO)CC1(F)F. The fourth-order valence-electron chi connectivity index (χ4n) is 3.14. The molecule has 1 atom stereocenters. The first-order valence-electron chi connectivity index (χ1n) is 8.66. The smallest absolute Gasteiger partial charge is 0.275 e. The van der Waals surface area contributed by atoms with Crippen LogP contribution in [0.1, 0.15) is 22.6 Å². The van der Waals surface area contributed by atoms with E-state index < -0.39 is 30.4 Å². The van der Waals surface area contributed by atoms with Crippen LogP contribution in [0.4, 0.5) is 8.78 Å². The van der Waals surface area contributed by atoms with Crippen LogP contribution in [-0.4, -0.2) is 43.8 Å². The van der Waals surface area contributed by atoms with Gasteiger partial charge in [0.05, 0.1) is 17.8 Å². The number of rotatable bonds is 6. The lowest BCUT2D eigenvalue weighted by atomic mass is 10.1. The fourth-order valence-corrected chi connectivity index (χ4v) is 3.14. The number of alkyl halides is 2. The van der Waals surface area contributed by atoms with Crippen molar-refractivity contribution >= 4 is 16.8 Å². The predicted molar refractivity (Wildman–Crippen MR) is 96.1 cm³/mol. The normalized spacial score (nSPS) is 20.1. The number of carbonyl (C=O) groups is 1. The van der Waals surface area contributed by atoms with E-state index in [1.165, 1.54) is 4.68 Å². The van der Waals surface area contributed by atoms with Crippen molar-refractivity contribution < 1.29 is 23.4 Å². The Morgan fingerprint density at radius 3 is 2.79 bits per heavy atom. The molecule has 2 aromatic heterocycles. The van der Waals surface area contributed by atoms with E-state index in [1.807, 2.05) is 12.1 Å². The molecule has 1 saturated carbocycles. The van der Waals surface area contributed by atoms with Crippen LogP contribution in [-0.2, 0) is 13.7 Å². The van der Waals surface area contributed by atoms with E-state index in [9.17, 15) is 18.7 Å². The van der Waals surface area contributed by atoms with Gasteiger partial charge in [0, 0.05) is 25.1 Å². The monoisotopic (exact) mass is 388 g/mol. The molecule has 0 bridgehead atoms. The molecule has 4 rings (SSSR count). The number of halogens is 2. The summed E-state index contributed by atoms with van der Waals surface area (Å²) in [6.07, 6.45) is 1.08. The summed E-state index contributed by atoms with van der Waals surface area (Å²) in [5, 5.41) is 16.3. The van der Waals surface area contributed by atoms with Gasteiger partial charge in [-0.05, 0) is 30.3 Å². The number of hydrogen-bond acceptors (Lipinski definition) is 5. The van der Waals surface area contributed by atoms with E-state index in [-0.39, 0.29) is 12.3 Å². The van der Waals surface area contributed by atoms with Crippen molar-refractivity contribution in [1.82, 2.24) is 20.1 Å². The Balaban J connectivity index is 1.59. The van der Waals surface area contributed by atoms with Crippen LogP contribution in [0.3, 0.4) is 0 Å². The predicted octanol–water partition coefficient (Wildman–Crippen LogP) is 2.05. The number of aliphatic hydroxyl groups excluding tert-OH is 1. The highest BCUT2D eigenvalue weighted by Gasteiger charge is 2.72. The van der Waals surface area contributed by atoms with Gasteiger partial charge in [0.1, 0.15) is 23.6 Å². The highest BCUT2D eigenvalue weighted by Crippen LogP contribution is 2.52. The van der Waals surface area contributed by atoms with Gasteiger partial charge in [-0.3, -0.25) is 14.5 Å². The Hall–Kier alpha value is -3.07. The van der Waals surface area contributed by atoms with Crippen LogP contribution in [0.25, 0.3) is 10.9 Å². The average Bonchev–Trinajstić information content (AvgIpc) is 3.05. The first kappa shape index (κ1) is 18.3. The molecule has 146 valence electrons. The Bertz CT molecular complexity index is 1040. The van der Waals surface area contributed by atoms with Crippen LogP contribution in [0.15, 0.2) is 42.6 Å². The van der Waals surface area contributed by atoms with E-state index in [1.54, 1.807) is 37.5 Å². The van der Waals surface area contributed by atoms with E-state index in [2.05, 4.69) is 15.4 Å². The molecule has 1 aliphatic rings. The highest BCUT2D eigenvalue weighted by atomic mass is 19.3. The summed E-state index contributed by atoms with van der Waals surface area (Å²) >= 11 is 0. The zero-order valence-electron chi connectivity index (χ0n) is 15.0. The molecule has 7 nitrogen and oxygen atoms in total. The minimum atomic E-state index is -3.12. The molecule has 1 unspecified atom stereocenters. The maximum atomic E-state index is 13.6. The van der Waals surface area contributed by atoms with Crippen molar-refractivity contribution in [3.8, 4) is 5.75 Å². The van der Waals surface area contributed by atoms with Crippen molar-refractivity contribution in [2.24, 2.45) is 7.05 Å². The van der Waals surface area contributed by atoms with E-state index >= 15 is 0 Å². The zero-order chi connectivity index (χ0) is 19.9. The van der Waals surface area contributed by atoms with Gasteiger partial charge < -0.3 is 15.2 Å². The topological polar surface area (TPSA) is 89.3 Å². The van der Waals surface area contributed by atoms with Gasteiger partial charge in [-0.15, -0.1) is 0 Å². The lowest BCUT2D eigenvalue weighted by Gasteiger charge is -2.15. The molecule has 3 aromatic rings. The maximum Gasteiger partial charge on any atom is 0.275 e. The molecule has 0 spiro atoms. The Kier molecular flexibility index (Phi) is 4.26. The first-order chi connectivity index (χ1) is 13.4. The van der Waals surface area contributed by atoms with Gasteiger partial charge in [-0.2, -0.15) is 5.10 Å². The van der Waals surface area contributed by atoms with E-state index in [4.69, 9.17) is 4.74 Å². The lowest BCUT2D eigenvalue weighted by molar-refractivity contribution is 0.0501. The van der Waals surface area contributed by atoms with Gasteiger partial charge in [-0.25, -0.2) is 8.78 Å². The number of aromatic nitrogens is 3. The number of nitrogens with zero attached hydrogens (tertiary/aromatic N) is 3. The molecule has 2 heterocycles. The van der Waals surface area contributed by atoms with Gasteiger partial charge >= 0.3 is 0 Å². The second kappa shape index (κ2) is 6.52.